The van der Waals surface area contributed by atoms with Gasteiger partial charge in [0.15, 0.2) is 17.1 Å². The first-order chi connectivity index (χ1) is 6.29. The number of nitrogens with two attached hydrogens (primary N) is 1. The Bertz CT molecular complexity index is 426. The zero-order valence-electron chi connectivity index (χ0n) is 6.83. The predicted octanol–water partition coefficient (Wildman–Crippen LogP) is 1.49. The molecule has 2 aromatic heterocycles. The normalized spacial score (nSPS) is 10.9. The van der Waals surface area contributed by atoms with Crippen molar-refractivity contribution in [2.24, 2.45) is 5.73 Å². The molecule has 0 aliphatic heterocycles. The summed E-state index contributed by atoms with van der Waals surface area (Å²) in [5.41, 5.74) is 6.71. The lowest BCUT2D eigenvalue weighted by molar-refractivity contribution is 0.531. The number of rotatable bonds is 2. The van der Waals surface area contributed by atoms with Crippen LogP contribution in [-0.2, 0) is 6.42 Å². The summed E-state index contributed by atoms with van der Waals surface area (Å²) in [5, 5.41) is 0. The number of nitrogens with zero attached hydrogens (tertiary/aromatic N) is 2. The maximum absolute atomic E-state index is 5.41. The molecule has 5 heteroatoms. The van der Waals surface area contributed by atoms with E-state index in [4.69, 9.17) is 10.2 Å². The van der Waals surface area contributed by atoms with Crippen LogP contribution in [0, 0.1) is 0 Å². The van der Waals surface area contributed by atoms with Crippen molar-refractivity contribution >= 4 is 27.2 Å². The molecule has 0 atom stereocenters. The summed E-state index contributed by atoms with van der Waals surface area (Å²) in [7, 11) is 0. The first kappa shape index (κ1) is 8.65. The highest BCUT2D eigenvalue weighted by Crippen LogP contribution is 2.17. The van der Waals surface area contributed by atoms with Crippen molar-refractivity contribution in [1.29, 1.82) is 0 Å². The van der Waals surface area contributed by atoms with Crippen LogP contribution in [0.15, 0.2) is 21.2 Å². The van der Waals surface area contributed by atoms with Crippen molar-refractivity contribution in [1.82, 2.24) is 9.97 Å². The number of halogens is 1. The van der Waals surface area contributed by atoms with Gasteiger partial charge in [0.1, 0.15) is 0 Å². The van der Waals surface area contributed by atoms with E-state index in [-0.39, 0.29) is 0 Å². The lowest BCUT2D eigenvalue weighted by atomic mass is 10.4. The van der Waals surface area contributed by atoms with Crippen LogP contribution >= 0.6 is 15.9 Å². The fourth-order valence-electron chi connectivity index (χ4n) is 1.07. The van der Waals surface area contributed by atoms with Gasteiger partial charge in [-0.2, -0.15) is 4.98 Å². The standard InChI is InChI=1S/C8H8BrN3O/c9-5-3-6-8(11-4-5)12-7(13-6)1-2-10/h3-4H,1-2,10H2. The van der Waals surface area contributed by atoms with Crippen molar-refractivity contribution in [3.05, 3.63) is 22.6 Å². The quantitative estimate of drug-likeness (QED) is 0.866. The number of oxazole rings is 1. The molecule has 0 radical (unpaired) electrons. The summed E-state index contributed by atoms with van der Waals surface area (Å²) in [6.45, 7) is 0.536. The highest BCUT2D eigenvalue weighted by molar-refractivity contribution is 9.10. The molecule has 0 fully saturated rings. The smallest absolute Gasteiger partial charge is 0.198 e. The number of pyridine rings is 1. The molecule has 0 aromatic carbocycles. The molecular weight excluding hydrogens is 234 g/mol. The monoisotopic (exact) mass is 241 g/mol. The molecule has 0 bridgehead atoms. The van der Waals surface area contributed by atoms with Gasteiger partial charge in [-0.15, -0.1) is 0 Å². The molecule has 0 saturated carbocycles. The van der Waals surface area contributed by atoms with Crippen molar-refractivity contribution < 1.29 is 4.42 Å². The topological polar surface area (TPSA) is 64.9 Å². The molecule has 4 nitrogen and oxygen atoms in total. The minimum absolute atomic E-state index is 0.536. The van der Waals surface area contributed by atoms with Gasteiger partial charge in [-0.3, -0.25) is 0 Å². The van der Waals surface area contributed by atoms with E-state index in [2.05, 4.69) is 25.9 Å². The van der Waals surface area contributed by atoms with Crippen LogP contribution in [0.25, 0.3) is 11.2 Å². The van der Waals surface area contributed by atoms with E-state index < -0.39 is 0 Å². The van der Waals surface area contributed by atoms with E-state index in [1.807, 2.05) is 6.07 Å². The Hall–Kier alpha value is -0.940. The third-order valence-corrected chi connectivity index (χ3v) is 2.05. The second-order valence-electron chi connectivity index (χ2n) is 2.62. The van der Waals surface area contributed by atoms with Crippen LogP contribution in [0.1, 0.15) is 5.89 Å². The third-order valence-electron chi connectivity index (χ3n) is 1.62. The van der Waals surface area contributed by atoms with E-state index in [9.17, 15) is 0 Å². The van der Waals surface area contributed by atoms with Gasteiger partial charge in [0.25, 0.3) is 0 Å². The molecule has 0 amide bonds. The van der Waals surface area contributed by atoms with Gasteiger partial charge in [-0.25, -0.2) is 4.98 Å². The van der Waals surface area contributed by atoms with Crippen molar-refractivity contribution in [2.45, 2.75) is 6.42 Å². The van der Waals surface area contributed by atoms with Crippen LogP contribution < -0.4 is 5.73 Å². The van der Waals surface area contributed by atoms with Crippen molar-refractivity contribution in [2.75, 3.05) is 6.54 Å². The maximum Gasteiger partial charge on any atom is 0.198 e. The molecule has 0 aliphatic rings. The molecule has 2 N–H and O–H groups in total. The molecule has 0 aliphatic carbocycles. The zero-order chi connectivity index (χ0) is 9.26. The average Bonchev–Trinajstić information content (AvgIpc) is 2.46. The van der Waals surface area contributed by atoms with Gasteiger partial charge >= 0.3 is 0 Å². The SMILES string of the molecule is NCCc1nc2ncc(Br)cc2o1. The number of hydrogen-bond donors (Lipinski definition) is 1. The molecule has 2 aromatic rings. The molecule has 2 rings (SSSR count). The summed E-state index contributed by atoms with van der Waals surface area (Å²) in [6, 6.07) is 1.84. The Balaban J connectivity index is 2.49. The van der Waals surface area contributed by atoms with Gasteiger partial charge < -0.3 is 10.2 Å². The van der Waals surface area contributed by atoms with Gasteiger partial charge in [0.2, 0.25) is 0 Å². The van der Waals surface area contributed by atoms with Gasteiger partial charge in [-0.05, 0) is 15.9 Å². The Morgan fingerprint density at radius 1 is 1.54 bits per heavy atom. The predicted molar refractivity (Wildman–Crippen MR) is 52.3 cm³/mol. The number of hydrogen-bond acceptors (Lipinski definition) is 4. The Labute approximate surface area is 83.3 Å². The van der Waals surface area contributed by atoms with E-state index in [1.54, 1.807) is 6.20 Å². The van der Waals surface area contributed by atoms with Crippen LogP contribution in [0.3, 0.4) is 0 Å². The second-order valence-corrected chi connectivity index (χ2v) is 3.54. The first-order valence-corrected chi connectivity index (χ1v) is 4.70. The molecule has 13 heavy (non-hydrogen) atoms. The molecule has 0 unspecified atom stereocenters. The number of aromatic nitrogens is 2. The Morgan fingerprint density at radius 2 is 2.38 bits per heavy atom. The highest BCUT2D eigenvalue weighted by atomic mass is 79.9. The van der Waals surface area contributed by atoms with Crippen molar-refractivity contribution in [3.8, 4) is 0 Å². The van der Waals surface area contributed by atoms with E-state index >= 15 is 0 Å². The summed E-state index contributed by atoms with van der Waals surface area (Å²) in [4.78, 5) is 8.26. The minimum atomic E-state index is 0.536. The lowest BCUT2D eigenvalue weighted by Crippen LogP contribution is -2.02. The van der Waals surface area contributed by atoms with E-state index in [0.717, 1.165) is 4.47 Å². The Morgan fingerprint density at radius 3 is 3.15 bits per heavy atom. The van der Waals surface area contributed by atoms with Crippen LogP contribution in [0.5, 0.6) is 0 Å². The highest BCUT2D eigenvalue weighted by Gasteiger charge is 2.05. The second kappa shape index (κ2) is 3.43. The third kappa shape index (κ3) is 1.71. The molecule has 0 saturated heterocycles. The summed E-state index contributed by atoms with van der Waals surface area (Å²) >= 11 is 3.31. The summed E-state index contributed by atoms with van der Waals surface area (Å²) in [5.74, 6) is 0.642. The molecule has 68 valence electrons. The average molecular weight is 242 g/mol. The van der Waals surface area contributed by atoms with Gasteiger partial charge in [0, 0.05) is 29.7 Å². The maximum atomic E-state index is 5.41. The minimum Gasteiger partial charge on any atom is -0.439 e. The molecular formula is C8H8BrN3O. The van der Waals surface area contributed by atoms with Crippen molar-refractivity contribution in [3.63, 3.8) is 0 Å². The fraction of sp³-hybridized carbons (Fsp3) is 0.250. The van der Waals surface area contributed by atoms with Crippen LogP contribution in [-0.4, -0.2) is 16.5 Å². The van der Waals surface area contributed by atoms with Crippen LogP contribution in [0.2, 0.25) is 0 Å². The zero-order valence-corrected chi connectivity index (χ0v) is 8.41. The first-order valence-electron chi connectivity index (χ1n) is 3.90. The fourth-order valence-corrected chi connectivity index (χ4v) is 1.38. The summed E-state index contributed by atoms with van der Waals surface area (Å²) in [6.07, 6.45) is 2.34. The largest absolute Gasteiger partial charge is 0.439 e. The molecule has 0 spiro atoms. The summed E-state index contributed by atoms with van der Waals surface area (Å²) < 4.78 is 6.29. The molecule has 2 heterocycles. The lowest BCUT2D eigenvalue weighted by Gasteiger charge is -1.86. The van der Waals surface area contributed by atoms with E-state index in [0.29, 0.717) is 30.1 Å². The Kier molecular flexibility index (Phi) is 2.28. The van der Waals surface area contributed by atoms with Gasteiger partial charge in [-0.1, -0.05) is 0 Å². The number of fused-ring (bicyclic) bond motifs is 1. The van der Waals surface area contributed by atoms with Crippen LogP contribution in [0.4, 0.5) is 0 Å². The van der Waals surface area contributed by atoms with E-state index in [1.165, 1.54) is 0 Å². The van der Waals surface area contributed by atoms with Gasteiger partial charge in [0.05, 0.1) is 0 Å².